The molecule has 0 radical (unpaired) electrons. The van der Waals surface area contributed by atoms with Crippen LogP contribution in [0, 0.1) is 5.92 Å². The Morgan fingerprint density at radius 3 is 2.69 bits per heavy atom. The lowest BCUT2D eigenvalue weighted by Gasteiger charge is -2.37. The molecule has 1 amide bonds. The zero-order valence-electron chi connectivity index (χ0n) is 21.2. The average Bonchev–Trinajstić information content (AvgIpc) is 3.41. The Kier molecular flexibility index (Phi) is 8.06. The highest BCUT2D eigenvalue weighted by Gasteiger charge is 2.34. The molecule has 1 aromatic carbocycles. The van der Waals surface area contributed by atoms with E-state index in [1.807, 2.05) is 39.1 Å². The van der Waals surface area contributed by atoms with Crippen molar-refractivity contribution in [2.24, 2.45) is 5.92 Å². The number of aliphatic hydroxyl groups is 1. The zero-order valence-corrected chi connectivity index (χ0v) is 21.2. The van der Waals surface area contributed by atoms with Gasteiger partial charge in [0.25, 0.3) is 5.91 Å². The van der Waals surface area contributed by atoms with Crippen molar-refractivity contribution in [1.82, 2.24) is 14.8 Å². The monoisotopic (exact) mass is 493 g/mol. The van der Waals surface area contributed by atoms with Gasteiger partial charge in [-0.15, -0.1) is 0 Å². The number of ether oxygens (including phenoxy) is 1. The summed E-state index contributed by atoms with van der Waals surface area (Å²) in [5.74, 6) is -0.793. The number of aliphatic hydroxyl groups excluding tert-OH is 1. The number of allylic oxidation sites excluding steroid dienone is 2. The maximum Gasteiger partial charge on any atom is 0.335 e. The molecule has 2 aliphatic rings. The number of aromatic nitrogens is 1. The average molecular weight is 494 g/mol. The summed E-state index contributed by atoms with van der Waals surface area (Å²) in [7, 11) is 1.99. The van der Waals surface area contributed by atoms with Crippen molar-refractivity contribution in [3.8, 4) is 5.88 Å². The van der Waals surface area contributed by atoms with Crippen molar-refractivity contribution >= 4 is 17.4 Å². The van der Waals surface area contributed by atoms with E-state index in [1.165, 1.54) is 5.57 Å². The van der Waals surface area contributed by atoms with Crippen LogP contribution in [0.4, 0.5) is 0 Å². The zero-order chi connectivity index (χ0) is 25.8. The maximum atomic E-state index is 13.6. The van der Waals surface area contributed by atoms with E-state index in [2.05, 4.69) is 16.0 Å². The Bertz CT molecular complexity index is 1130. The molecule has 0 fully saturated rings. The fraction of sp³-hybridized carbons (Fsp3) is 0.464. The Hall–Kier alpha value is -3.23. The van der Waals surface area contributed by atoms with Gasteiger partial charge in [-0.3, -0.25) is 9.69 Å². The smallest absolute Gasteiger partial charge is 0.335 e. The van der Waals surface area contributed by atoms with Gasteiger partial charge in [-0.05, 0) is 68.1 Å². The topological polar surface area (TPSA) is 103 Å². The summed E-state index contributed by atoms with van der Waals surface area (Å²) in [6.07, 6.45) is 6.88. The van der Waals surface area contributed by atoms with Gasteiger partial charge in [-0.1, -0.05) is 25.1 Å². The molecule has 2 heterocycles. The first-order chi connectivity index (χ1) is 17.3. The molecule has 0 unspecified atom stereocenters. The number of hydrogen-bond donors (Lipinski definition) is 2. The summed E-state index contributed by atoms with van der Waals surface area (Å²) in [5.41, 5.74) is 3.85. The van der Waals surface area contributed by atoms with Gasteiger partial charge in [0.05, 0.1) is 18.2 Å². The molecule has 8 heteroatoms. The van der Waals surface area contributed by atoms with Crippen LogP contribution in [0.5, 0.6) is 5.88 Å². The third-order valence-electron chi connectivity index (χ3n) is 7.08. The quantitative estimate of drug-likeness (QED) is 0.578. The van der Waals surface area contributed by atoms with E-state index in [9.17, 15) is 14.7 Å². The van der Waals surface area contributed by atoms with Crippen molar-refractivity contribution in [2.45, 2.75) is 51.8 Å². The van der Waals surface area contributed by atoms with Gasteiger partial charge >= 0.3 is 5.97 Å². The predicted molar refractivity (Wildman–Crippen MR) is 137 cm³/mol. The molecule has 1 aliphatic carbocycles. The Balaban J connectivity index is 1.58. The molecular formula is C28H35N3O5. The molecule has 0 saturated carbocycles. The predicted octanol–water partition coefficient (Wildman–Crippen LogP) is 3.70. The van der Waals surface area contributed by atoms with Crippen molar-refractivity contribution in [1.29, 1.82) is 0 Å². The number of fused-ring (bicyclic) bond motifs is 1. The normalized spacial score (nSPS) is 20.9. The Morgan fingerprint density at radius 1 is 1.31 bits per heavy atom. The summed E-state index contributed by atoms with van der Waals surface area (Å²) in [6.45, 7) is 5.45. The van der Waals surface area contributed by atoms with Crippen molar-refractivity contribution in [3.05, 3.63) is 64.9 Å². The first kappa shape index (κ1) is 25.9. The Labute approximate surface area is 212 Å². The summed E-state index contributed by atoms with van der Waals surface area (Å²) in [6, 6.07) is 8.42. The van der Waals surface area contributed by atoms with Crippen molar-refractivity contribution in [3.63, 3.8) is 0 Å². The molecule has 1 aliphatic heterocycles. The van der Waals surface area contributed by atoms with Gasteiger partial charge in [0.15, 0.2) is 0 Å². The first-order valence-electron chi connectivity index (χ1n) is 12.6. The molecule has 36 heavy (non-hydrogen) atoms. The second-order valence-electron chi connectivity index (χ2n) is 10.0. The number of carboxylic acid groups (broad SMARTS) is 1. The third-order valence-corrected chi connectivity index (χ3v) is 7.08. The van der Waals surface area contributed by atoms with Crippen LogP contribution >= 0.6 is 0 Å². The van der Waals surface area contributed by atoms with Crippen LogP contribution in [0.1, 0.15) is 65.0 Å². The second-order valence-corrected chi connectivity index (χ2v) is 10.0. The number of carbonyl (C=O) groups excluding carboxylic acids is 1. The highest BCUT2D eigenvalue weighted by atomic mass is 16.5. The fourth-order valence-corrected chi connectivity index (χ4v) is 4.87. The van der Waals surface area contributed by atoms with Crippen LogP contribution < -0.4 is 4.74 Å². The lowest BCUT2D eigenvalue weighted by atomic mass is 9.99. The number of aromatic carboxylic acids is 1. The van der Waals surface area contributed by atoms with Gasteiger partial charge in [-0.2, -0.15) is 0 Å². The fourth-order valence-electron chi connectivity index (χ4n) is 4.87. The lowest BCUT2D eigenvalue weighted by Crippen LogP contribution is -2.49. The first-order valence-corrected chi connectivity index (χ1v) is 12.6. The molecule has 4 rings (SSSR count). The summed E-state index contributed by atoms with van der Waals surface area (Å²) in [4.78, 5) is 33.1. The van der Waals surface area contributed by atoms with E-state index in [4.69, 9.17) is 9.84 Å². The molecule has 3 atom stereocenters. The summed E-state index contributed by atoms with van der Waals surface area (Å²) >= 11 is 0. The molecule has 8 nitrogen and oxygen atoms in total. The van der Waals surface area contributed by atoms with E-state index in [1.54, 1.807) is 23.2 Å². The molecule has 0 saturated heterocycles. The highest BCUT2D eigenvalue weighted by molar-refractivity contribution is 5.97. The van der Waals surface area contributed by atoms with Gasteiger partial charge < -0.3 is 19.8 Å². The molecular weight excluding hydrogens is 458 g/mol. The number of nitrogens with zero attached hydrogens (tertiary/aromatic N) is 3. The van der Waals surface area contributed by atoms with E-state index < -0.39 is 5.97 Å². The third kappa shape index (κ3) is 5.77. The largest absolute Gasteiger partial charge is 0.478 e. The number of benzene rings is 1. The highest BCUT2D eigenvalue weighted by Crippen LogP contribution is 2.32. The number of pyridine rings is 1. The summed E-state index contributed by atoms with van der Waals surface area (Å²) in [5, 5.41) is 19.0. The molecule has 0 bridgehead atoms. The molecule has 2 aromatic rings. The Morgan fingerprint density at radius 2 is 2.06 bits per heavy atom. The van der Waals surface area contributed by atoms with Gasteiger partial charge in [0.1, 0.15) is 11.7 Å². The van der Waals surface area contributed by atoms with Crippen LogP contribution in [-0.4, -0.2) is 75.8 Å². The number of likely N-dealkylation sites (N-methyl/N-ethyl adjacent to an activating group) is 1. The second kappa shape index (κ2) is 11.2. The molecule has 2 N–H and O–H groups in total. The van der Waals surface area contributed by atoms with E-state index in [-0.39, 0.29) is 36.1 Å². The summed E-state index contributed by atoms with van der Waals surface area (Å²) < 4.78 is 6.40. The maximum absolute atomic E-state index is 13.6. The number of amides is 1. The molecule has 192 valence electrons. The van der Waals surface area contributed by atoms with Crippen LogP contribution in [-0.2, 0) is 6.54 Å². The van der Waals surface area contributed by atoms with Gasteiger partial charge in [0, 0.05) is 31.7 Å². The minimum Gasteiger partial charge on any atom is -0.478 e. The van der Waals surface area contributed by atoms with Crippen LogP contribution in [0.25, 0.3) is 5.57 Å². The van der Waals surface area contributed by atoms with E-state index in [0.717, 1.165) is 30.4 Å². The van der Waals surface area contributed by atoms with Gasteiger partial charge in [-0.25, -0.2) is 9.78 Å². The lowest BCUT2D eigenvalue weighted by molar-refractivity contribution is 0.0325. The number of carbonyl (C=O) groups is 2. The van der Waals surface area contributed by atoms with E-state index in [0.29, 0.717) is 31.1 Å². The molecule has 1 aromatic heterocycles. The van der Waals surface area contributed by atoms with Crippen LogP contribution in [0.2, 0.25) is 0 Å². The van der Waals surface area contributed by atoms with E-state index >= 15 is 0 Å². The minimum absolute atomic E-state index is 0.00745. The van der Waals surface area contributed by atoms with Crippen molar-refractivity contribution in [2.75, 3.05) is 26.7 Å². The SMILES string of the molecule is C[C@@H]1CN([C@H](C)CO)C(=O)c2cc(C3=CCCC3)cnc2O[C@H]1CN(C)Cc1ccc(C(=O)O)cc1. The number of rotatable bonds is 8. The molecule has 0 spiro atoms. The van der Waals surface area contributed by atoms with Crippen LogP contribution in [0.3, 0.4) is 0 Å². The number of carboxylic acids is 1. The number of hydrogen-bond acceptors (Lipinski definition) is 6. The standard InChI is InChI=1S/C28H35N3O5/c1-18-14-31(19(2)17-32)27(33)24-12-23(21-6-4-5-7-21)13-29-26(24)36-25(18)16-30(3)15-20-8-10-22(11-9-20)28(34)35/h6,8-13,18-19,25,32H,4-5,7,14-17H2,1-3H3,(H,34,35)/t18-,19-,25+/m1/s1. The van der Waals surface area contributed by atoms with Gasteiger partial charge in [0.2, 0.25) is 5.88 Å². The van der Waals surface area contributed by atoms with Crippen molar-refractivity contribution < 1.29 is 24.5 Å². The minimum atomic E-state index is -0.943. The van der Waals surface area contributed by atoms with Crippen LogP contribution in [0.15, 0.2) is 42.6 Å².